The van der Waals surface area contributed by atoms with Crippen molar-refractivity contribution in [1.29, 1.82) is 0 Å². The van der Waals surface area contributed by atoms with E-state index in [0.29, 0.717) is 19.0 Å². The molecule has 0 aliphatic carbocycles. The molecule has 1 rings (SSSR count). The molecule has 0 saturated heterocycles. The van der Waals surface area contributed by atoms with Gasteiger partial charge in [-0.1, -0.05) is 32.0 Å². The molecule has 0 aromatic heterocycles. The zero-order valence-corrected chi connectivity index (χ0v) is 12.5. The lowest BCUT2D eigenvalue weighted by Crippen LogP contribution is -2.27. The highest BCUT2D eigenvalue weighted by atomic mass is 16.1. The Labute approximate surface area is 120 Å². The van der Waals surface area contributed by atoms with Crippen LogP contribution in [0.2, 0.25) is 0 Å². The minimum absolute atomic E-state index is 0.0590. The van der Waals surface area contributed by atoms with Gasteiger partial charge in [0.1, 0.15) is 0 Å². The Morgan fingerprint density at radius 1 is 1.25 bits per heavy atom. The maximum absolute atomic E-state index is 10.7. The van der Waals surface area contributed by atoms with Crippen molar-refractivity contribution in [2.75, 3.05) is 18.4 Å². The predicted octanol–water partition coefficient (Wildman–Crippen LogP) is 1.67. The van der Waals surface area contributed by atoms with Gasteiger partial charge in [0.05, 0.1) is 6.54 Å². The van der Waals surface area contributed by atoms with Crippen LogP contribution in [0.4, 0.5) is 5.69 Å². The average Bonchev–Trinajstić information content (AvgIpc) is 2.43. The highest BCUT2D eigenvalue weighted by Crippen LogP contribution is 2.22. The number of nitrogens with one attached hydrogen (secondary N) is 2. The van der Waals surface area contributed by atoms with Gasteiger partial charge >= 0.3 is 0 Å². The van der Waals surface area contributed by atoms with Crippen LogP contribution in [0.5, 0.6) is 0 Å². The van der Waals surface area contributed by atoms with Gasteiger partial charge in [-0.15, -0.1) is 0 Å². The Bertz CT molecular complexity index is 461. The Morgan fingerprint density at radius 2 is 1.85 bits per heavy atom. The Hall–Kier alpha value is -2.04. The predicted molar refractivity (Wildman–Crippen MR) is 84.0 cm³/mol. The van der Waals surface area contributed by atoms with E-state index in [2.05, 4.69) is 47.7 Å². The summed E-state index contributed by atoms with van der Waals surface area (Å²) in [4.78, 5) is 15.0. The van der Waals surface area contributed by atoms with E-state index in [1.807, 2.05) is 0 Å². The molecule has 0 aliphatic rings. The minimum atomic E-state index is -0.0590. The molecule has 110 valence electrons. The summed E-state index contributed by atoms with van der Waals surface area (Å²) >= 11 is 0. The lowest BCUT2D eigenvalue weighted by atomic mass is 10.0. The van der Waals surface area contributed by atoms with Gasteiger partial charge in [0.25, 0.3) is 0 Å². The fraction of sp³-hybridized carbons (Fsp3) is 0.467. The highest BCUT2D eigenvalue weighted by Gasteiger charge is 2.06. The standard InChI is InChI=1S/C15H24N4O/c1-4-12-7-6-8-13(5-2)14(12)19-15(16)18-10-9-17-11(3)20/h6-8H,4-5,9-10H2,1-3H3,(H,17,20)(H3,16,18,19). The van der Waals surface area contributed by atoms with Gasteiger partial charge in [0, 0.05) is 19.2 Å². The van der Waals surface area contributed by atoms with Crippen molar-refractivity contribution >= 4 is 17.6 Å². The molecule has 4 N–H and O–H groups in total. The minimum Gasteiger partial charge on any atom is -0.370 e. The van der Waals surface area contributed by atoms with Crippen LogP contribution in [0.1, 0.15) is 31.9 Å². The van der Waals surface area contributed by atoms with E-state index in [1.54, 1.807) is 0 Å². The number of benzene rings is 1. The van der Waals surface area contributed by atoms with Crippen molar-refractivity contribution in [3.63, 3.8) is 0 Å². The van der Waals surface area contributed by atoms with Crippen LogP contribution in [-0.4, -0.2) is 25.0 Å². The van der Waals surface area contributed by atoms with Crippen LogP contribution in [0.25, 0.3) is 0 Å². The van der Waals surface area contributed by atoms with Gasteiger partial charge in [-0.25, -0.2) is 0 Å². The van der Waals surface area contributed by atoms with Crippen molar-refractivity contribution in [1.82, 2.24) is 5.32 Å². The number of para-hydroxylation sites is 1. The van der Waals surface area contributed by atoms with Gasteiger partial charge in [0.2, 0.25) is 5.91 Å². The number of guanidine groups is 1. The first-order valence-electron chi connectivity index (χ1n) is 7.00. The molecule has 0 radical (unpaired) electrons. The van der Waals surface area contributed by atoms with E-state index in [4.69, 9.17) is 5.73 Å². The first-order chi connectivity index (χ1) is 9.58. The van der Waals surface area contributed by atoms with E-state index in [0.717, 1.165) is 18.5 Å². The highest BCUT2D eigenvalue weighted by molar-refractivity contribution is 5.93. The summed E-state index contributed by atoms with van der Waals surface area (Å²) in [5.41, 5.74) is 9.40. The van der Waals surface area contributed by atoms with Crippen molar-refractivity contribution < 1.29 is 4.79 Å². The molecule has 0 saturated carbocycles. The number of hydrogen-bond acceptors (Lipinski definition) is 2. The van der Waals surface area contributed by atoms with E-state index < -0.39 is 0 Å². The lowest BCUT2D eigenvalue weighted by molar-refractivity contribution is -0.118. The number of aryl methyl sites for hydroxylation is 2. The third-order valence-corrected chi connectivity index (χ3v) is 3.02. The summed E-state index contributed by atoms with van der Waals surface area (Å²) in [5, 5.41) is 5.86. The van der Waals surface area contributed by atoms with Gasteiger partial charge in [-0.05, 0) is 24.0 Å². The summed E-state index contributed by atoms with van der Waals surface area (Å²) in [7, 11) is 0. The summed E-state index contributed by atoms with van der Waals surface area (Å²) in [6.07, 6.45) is 1.88. The molecule has 0 atom stereocenters. The molecule has 1 amide bonds. The smallest absolute Gasteiger partial charge is 0.216 e. The number of anilines is 1. The SMILES string of the molecule is CCc1cccc(CC)c1NC(N)=NCCNC(C)=O. The number of nitrogens with zero attached hydrogens (tertiary/aromatic N) is 1. The molecule has 0 bridgehead atoms. The molecule has 0 heterocycles. The number of carbonyl (C=O) groups is 1. The maximum atomic E-state index is 10.7. The van der Waals surface area contributed by atoms with Crippen LogP contribution >= 0.6 is 0 Å². The molecule has 1 aromatic carbocycles. The Balaban J connectivity index is 2.71. The fourth-order valence-electron chi connectivity index (χ4n) is 1.98. The molecule has 0 aliphatic heterocycles. The Morgan fingerprint density at radius 3 is 2.35 bits per heavy atom. The molecule has 20 heavy (non-hydrogen) atoms. The van der Waals surface area contributed by atoms with Crippen LogP contribution < -0.4 is 16.4 Å². The van der Waals surface area contributed by atoms with Crippen LogP contribution in [0.3, 0.4) is 0 Å². The number of hydrogen-bond donors (Lipinski definition) is 3. The lowest BCUT2D eigenvalue weighted by Gasteiger charge is -2.14. The molecular weight excluding hydrogens is 252 g/mol. The van der Waals surface area contributed by atoms with Gasteiger partial charge in [-0.3, -0.25) is 9.79 Å². The Kier molecular flexibility index (Phi) is 6.56. The van der Waals surface area contributed by atoms with E-state index in [9.17, 15) is 4.79 Å². The molecule has 0 fully saturated rings. The van der Waals surface area contributed by atoms with E-state index in [1.165, 1.54) is 18.1 Å². The van der Waals surface area contributed by atoms with Gasteiger partial charge < -0.3 is 16.4 Å². The summed E-state index contributed by atoms with van der Waals surface area (Å²) < 4.78 is 0. The normalized spacial score (nSPS) is 11.2. The third kappa shape index (κ3) is 4.91. The number of aliphatic imine (C=N–C) groups is 1. The summed E-state index contributed by atoms with van der Waals surface area (Å²) in [6.45, 7) is 6.67. The number of amides is 1. The fourth-order valence-corrected chi connectivity index (χ4v) is 1.98. The number of rotatable bonds is 6. The van der Waals surface area contributed by atoms with Crippen LogP contribution in [0.15, 0.2) is 23.2 Å². The summed E-state index contributed by atoms with van der Waals surface area (Å²) in [5.74, 6) is 0.322. The molecule has 0 spiro atoms. The zero-order chi connectivity index (χ0) is 15.0. The number of nitrogens with two attached hydrogens (primary N) is 1. The van der Waals surface area contributed by atoms with E-state index >= 15 is 0 Å². The maximum Gasteiger partial charge on any atom is 0.216 e. The molecule has 1 aromatic rings. The monoisotopic (exact) mass is 276 g/mol. The van der Waals surface area contributed by atoms with Gasteiger partial charge in [0.15, 0.2) is 5.96 Å². The molecule has 5 heteroatoms. The molecule has 5 nitrogen and oxygen atoms in total. The van der Waals surface area contributed by atoms with Crippen LogP contribution in [0, 0.1) is 0 Å². The first kappa shape index (κ1) is 16.0. The van der Waals surface area contributed by atoms with Crippen molar-refractivity contribution in [2.45, 2.75) is 33.6 Å². The van der Waals surface area contributed by atoms with E-state index in [-0.39, 0.29) is 5.91 Å². The van der Waals surface area contributed by atoms with Crippen molar-refractivity contribution in [2.24, 2.45) is 10.7 Å². The van der Waals surface area contributed by atoms with Gasteiger partial charge in [-0.2, -0.15) is 0 Å². The quantitative estimate of drug-likeness (QED) is 0.420. The average molecular weight is 276 g/mol. The molecular formula is C15H24N4O. The second-order valence-corrected chi connectivity index (χ2v) is 4.53. The topological polar surface area (TPSA) is 79.5 Å². The molecule has 0 unspecified atom stereocenters. The summed E-state index contributed by atoms with van der Waals surface area (Å²) in [6, 6.07) is 6.24. The second-order valence-electron chi connectivity index (χ2n) is 4.53. The van der Waals surface area contributed by atoms with Crippen LogP contribution in [-0.2, 0) is 17.6 Å². The van der Waals surface area contributed by atoms with Crippen molar-refractivity contribution in [3.05, 3.63) is 29.3 Å². The largest absolute Gasteiger partial charge is 0.370 e. The zero-order valence-electron chi connectivity index (χ0n) is 12.5. The number of carbonyl (C=O) groups excluding carboxylic acids is 1. The third-order valence-electron chi connectivity index (χ3n) is 3.02. The first-order valence-corrected chi connectivity index (χ1v) is 7.00. The van der Waals surface area contributed by atoms with Crippen molar-refractivity contribution in [3.8, 4) is 0 Å². The second kappa shape index (κ2) is 8.19.